The molecule has 0 amide bonds. The molecule has 0 aliphatic heterocycles. The van der Waals surface area contributed by atoms with Crippen LogP contribution in [0, 0.1) is 21.4 Å². The van der Waals surface area contributed by atoms with E-state index in [0.717, 1.165) is 0 Å². The van der Waals surface area contributed by atoms with Gasteiger partial charge in [0.05, 0.1) is 17.4 Å². The quantitative estimate of drug-likeness (QED) is 0.484. The first-order valence-corrected chi connectivity index (χ1v) is 4.74. The van der Waals surface area contributed by atoms with Crippen LogP contribution in [0.1, 0.15) is 17.8 Å². The number of aromatic nitrogens is 1. The van der Waals surface area contributed by atoms with E-state index in [4.69, 9.17) is 5.26 Å². The Morgan fingerprint density at radius 1 is 1.50 bits per heavy atom. The Hall–Kier alpha value is -2.51. The number of nitro groups is 1. The van der Waals surface area contributed by atoms with E-state index < -0.39 is 47.0 Å². The number of alkyl halides is 5. The van der Waals surface area contributed by atoms with Gasteiger partial charge in [0.2, 0.25) is 5.75 Å². The molecule has 0 saturated heterocycles. The van der Waals surface area contributed by atoms with E-state index in [1.54, 1.807) is 0 Å². The van der Waals surface area contributed by atoms with Crippen LogP contribution >= 0.6 is 0 Å². The average Bonchev–Trinajstić information content (AvgIpc) is 2.28. The largest absolute Gasteiger partial charge is 0.573 e. The van der Waals surface area contributed by atoms with Crippen molar-refractivity contribution in [1.82, 2.24) is 4.98 Å². The molecule has 1 aromatic heterocycles. The maximum atomic E-state index is 12.5. The monoisotopic (exact) mass is 297 g/mol. The number of hydrogen-bond donors (Lipinski definition) is 0. The van der Waals surface area contributed by atoms with E-state index in [1.807, 2.05) is 0 Å². The molecule has 0 aromatic carbocycles. The number of hydrogen-bond acceptors (Lipinski definition) is 5. The van der Waals surface area contributed by atoms with Gasteiger partial charge < -0.3 is 4.74 Å². The minimum Gasteiger partial charge on any atom is -0.396 e. The second-order valence-electron chi connectivity index (χ2n) is 3.28. The van der Waals surface area contributed by atoms with Crippen molar-refractivity contribution in [2.24, 2.45) is 0 Å². The number of nitriles is 1. The van der Waals surface area contributed by atoms with E-state index in [0.29, 0.717) is 0 Å². The van der Waals surface area contributed by atoms with Gasteiger partial charge in [0.1, 0.15) is 11.4 Å². The predicted molar refractivity (Wildman–Crippen MR) is 51.8 cm³/mol. The lowest BCUT2D eigenvalue weighted by molar-refractivity contribution is -0.389. The highest BCUT2D eigenvalue weighted by Crippen LogP contribution is 2.37. The van der Waals surface area contributed by atoms with Crippen LogP contribution in [0.3, 0.4) is 0 Å². The summed E-state index contributed by atoms with van der Waals surface area (Å²) < 4.78 is 64.8. The molecule has 0 aliphatic rings. The fraction of sp³-hybridized carbons (Fsp3) is 0.333. The maximum absolute atomic E-state index is 12.5. The molecule has 0 bridgehead atoms. The highest BCUT2D eigenvalue weighted by molar-refractivity contribution is 5.51. The van der Waals surface area contributed by atoms with Crippen LogP contribution in [-0.2, 0) is 6.42 Å². The number of nitrogens with zero attached hydrogens (tertiary/aromatic N) is 3. The van der Waals surface area contributed by atoms with Crippen molar-refractivity contribution in [1.29, 1.82) is 5.26 Å². The molecular weight excluding hydrogens is 293 g/mol. The summed E-state index contributed by atoms with van der Waals surface area (Å²) >= 11 is 0. The van der Waals surface area contributed by atoms with Crippen molar-refractivity contribution in [3.8, 4) is 11.8 Å². The Balaban J connectivity index is 3.51. The number of pyridine rings is 1. The molecule has 0 spiro atoms. The lowest BCUT2D eigenvalue weighted by Gasteiger charge is -2.12. The summed E-state index contributed by atoms with van der Waals surface area (Å²) in [6, 6.07) is 1.54. The molecule has 0 unspecified atom stereocenters. The van der Waals surface area contributed by atoms with Crippen LogP contribution in [0.5, 0.6) is 5.75 Å². The fourth-order valence-electron chi connectivity index (χ4n) is 1.26. The lowest BCUT2D eigenvalue weighted by atomic mass is 10.2. The Morgan fingerprint density at radius 3 is 2.50 bits per heavy atom. The molecule has 1 aromatic rings. The topological polar surface area (TPSA) is 89.0 Å². The van der Waals surface area contributed by atoms with Crippen molar-refractivity contribution in [2.75, 3.05) is 0 Å². The molecule has 0 saturated carbocycles. The summed E-state index contributed by atoms with van der Waals surface area (Å²) in [6.45, 7) is 0. The Bertz CT molecular complexity index is 567. The summed E-state index contributed by atoms with van der Waals surface area (Å²) in [7, 11) is 0. The van der Waals surface area contributed by atoms with E-state index in [-0.39, 0.29) is 6.07 Å². The average molecular weight is 297 g/mol. The van der Waals surface area contributed by atoms with Crippen molar-refractivity contribution < 1.29 is 31.6 Å². The molecular formula is C9H4F5N3O3. The molecule has 0 atom stereocenters. The van der Waals surface area contributed by atoms with Crippen molar-refractivity contribution in [3.63, 3.8) is 0 Å². The molecule has 1 heterocycles. The van der Waals surface area contributed by atoms with Crippen LogP contribution in [0.25, 0.3) is 0 Å². The van der Waals surface area contributed by atoms with Gasteiger partial charge in [0, 0.05) is 6.07 Å². The second-order valence-corrected chi connectivity index (χ2v) is 3.28. The molecule has 6 nitrogen and oxygen atoms in total. The van der Waals surface area contributed by atoms with Gasteiger partial charge in [0.25, 0.3) is 6.43 Å². The zero-order valence-corrected chi connectivity index (χ0v) is 9.32. The molecule has 0 radical (unpaired) electrons. The normalized spacial score (nSPS) is 11.2. The van der Waals surface area contributed by atoms with Gasteiger partial charge in [-0.2, -0.15) is 5.26 Å². The van der Waals surface area contributed by atoms with E-state index >= 15 is 0 Å². The Labute approximate surface area is 107 Å². The third kappa shape index (κ3) is 3.74. The van der Waals surface area contributed by atoms with E-state index in [9.17, 15) is 32.1 Å². The molecule has 0 N–H and O–H groups in total. The molecule has 20 heavy (non-hydrogen) atoms. The minimum atomic E-state index is -5.29. The maximum Gasteiger partial charge on any atom is 0.573 e. The smallest absolute Gasteiger partial charge is 0.396 e. The Morgan fingerprint density at radius 2 is 2.10 bits per heavy atom. The van der Waals surface area contributed by atoms with E-state index in [1.165, 1.54) is 6.07 Å². The number of halogens is 5. The zero-order chi connectivity index (χ0) is 15.5. The van der Waals surface area contributed by atoms with Crippen LogP contribution < -0.4 is 4.74 Å². The van der Waals surface area contributed by atoms with E-state index in [2.05, 4.69) is 9.72 Å². The summed E-state index contributed by atoms with van der Waals surface area (Å²) in [5.74, 6) is -1.37. The van der Waals surface area contributed by atoms with Crippen LogP contribution in [-0.4, -0.2) is 16.3 Å². The van der Waals surface area contributed by atoms with Crippen LogP contribution in [0.2, 0.25) is 0 Å². The standard InChI is InChI=1S/C9H4F5N3O3/c10-8(11)5-3-6(17(18)19)7(20-9(12,13)14)4(16-5)1-2-15/h3,8H,1H2. The Kier molecular flexibility index (Phi) is 4.38. The van der Waals surface area contributed by atoms with Gasteiger partial charge in [-0.05, 0) is 0 Å². The first-order chi connectivity index (χ1) is 9.15. The SMILES string of the molecule is N#CCc1nc(C(F)F)cc([N+](=O)[O-])c1OC(F)(F)F. The van der Waals surface area contributed by atoms with Gasteiger partial charge in [-0.1, -0.05) is 0 Å². The number of ether oxygens (including phenoxy) is 1. The molecule has 108 valence electrons. The van der Waals surface area contributed by atoms with Crippen molar-refractivity contribution >= 4 is 5.69 Å². The van der Waals surface area contributed by atoms with Gasteiger partial charge >= 0.3 is 12.0 Å². The summed E-state index contributed by atoms with van der Waals surface area (Å²) in [5, 5.41) is 19.1. The fourth-order valence-corrected chi connectivity index (χ4v) is 1.26. The van der Waals surface area contributed by atoms with Gasteiger partial charge in [-0.25, -0.2) is 13.8 Å². The number of rotatable bonds is 4. The first kappa shape index (κ1) is 15.5. The van der Waals surface area contributed by atoms with Crippen LogP contribution in [0.4, 0.5) is 27.6 Å². The molecule has 11 heteroatoms. The molecule has 0 aliphatic carbocycles. The summed E-state index contributed by atoms with van der Waals surface area (Å²) in [5.41, 5.74) is -3.33. The third-order valence-corrected chi connectivity index (χ3v) is 1.93. The van der Waals surface area contributed by atoms with Gasteiger partial charge in [-0.15, -0.1) is 13.2 Å². The van der Waals surface area contributed by atoms with Crippen molar-refractivity contribution in [3.05, 3.63) is 27.6 Å². The van der Waals surface area contributed by atoms with Gasteiger partial charge in [-0.3, -0.25) is 10.1 Å². The highest BCUT2D eigenvalue weighted by atomic mass is 19.4. The molecule has 1 rings (SSSR count). The zero-order valence-electron chi connectivity index (χ0n) is 9.32. The summed E-state index contributed by atoms with van der Waals surface area (Å²) in [4.78, 5) is 12.4. The molecule has 0 fully saturated rings. The highest BCUT2D eigenvalue weighted by Gasteiger charge is 2.37. The van der Waals surface area contributed by atoms with Gasteiger partial charge in [0.15, 0.2) is 0 Å². The lowest BCUT2D eigenvalue weighted by Crippen LogP contribution is -2.20. The first-order valence-electron chi connectivity index (χ1n) is 4.74. The van der Waals surface area contributed by atoms with Crippen LogP contribution in [0.15, 0.2) is 6.07 Å². The predicted octanol–water partition coefficient (Wildman–Crippen LogP) is 2.89. The van der Waals surface area contributed by atoms with Crippen molar-refractivity contribution in [2.45, 2.75) is 19.2 Å². The second kappa shape index (κ2) is 5.64. The third-order valence-electron chi connectivity index (χ3n) is 1.93. The summed E-state index contributed by atoms with van der Waals surface area (Å²) in [6.07, 6.45) is -9.39. The minimum absolute atomic E-state index is 0.173.